The fourth-order valence-electron chi connectivity index (χ4n) is 3.06. The van der Waals surface area contributed by atoms with Gasteiger partial charge in [0, 0.05) is 25.4 Å². The number of benzene rings is 2. The molecular formula is C23H21F3N6O6S. The Balaban J connectivity index is 0.000000532. The average Bonchev–Trinajstić information content (AvgIpc) is 2.88. The van der Waals surface area contributed by atoms with Gasteiger partial charge in [0.2, 0.25) is 0 Å². The van der Waals surface area contributed by atoms with Crippen molar-refractivity contribution < 1.29 is 31.5 Å². The molecule has 0 aliphatic rings. The largest absolute Gasteiger partial charge is 0.490 e. The number of hydrogen-bond acceptors (Lipinski definition) is 8. The summed E-state index contributed by atoms with van der Waals surface area (Å²) in [5, 5.41) is 10.2. The highest BCUT2D eigenvalue weighted by Gasteiger charge is 2.38. The van der Waals surface area contributed by atoms with Gasteiger partial charge in [-0.15, -0.1) is 0 Å². The third-order valence-electron chi connectivity index (χ3n) is 4.86. The summed E-state index contributed by atoms with van der Waals surface area (Å²) in [7, 11) is -3.86. The number of nitrogens with one attached hydrogen (secondary N) is 3. The Labute approximate surface area is 218 Å². The van der Waals surface area contributed by atoms with Gasteiger partial charge in [-0.3, -0.25) is 14.5 Å². The van der Waals surface area contributed by atoms with E-state index in [0.29, 0.717) is 30.5 Å². The van der Waals surface area contributed by atoms with Crippen molar-refractivity contribution in [2.24, 2.45) is 0 Å². The summed E-state index contributed by atoms with van der Waals surface area (Å²) in [4.78, 5) is 43.1. The Morgan fingerprint density at radius 1 is 0.949 bits per heavy atom. The summed E-state index contributed by atoms with van der Waals surface area (Å²) < 4.78 is 61.2. The van der Waals surface area contributed by atoms with Crippen LogP contribution in [0.3, 0.4) is 0 Å². The molecule has 0 fully saturated rings. The van der Waals surface area contributed by atoms with Crippen LogP contribution >= 0.6 is 0 Å². The third kappa shape index (κ3) is 8.13. The first-order valence-electron chi connectivity index (χ1n) is 11.1. The molecule has 0 saturated heterocycles. The number of para-hydroxylation sites is 2. The average molecular weight is 567 g/mol. The van der Waals surface area contributed by atoms with Gasteiger partial charge < -0.3 is 15.0 Å². The van der Waals surface area contributed by atoms with Gasteiger partial charge in [0.1, 0.15) is 0 Å². The molecule has 4 N–H and O–H groups in total. The van der Waals surface area contributed by atoms with E-state index < -0.39 is 33.4 Å². The Kier molecular flexibility index (Phi) is 9.03. The highest BCUT2D eigenvalue weighted by molar-refractivity contribution is 7.92. The molecule has 0 unspecified atom stereocenters. The molecule has 0 amide bonds. The number of carboxylic acids is 1. The minimum Gasteiger partial charge on any atom is -0.475 e. The van der Waals surface area contributed by atoms with Gasteiger partial charge >= 0.3 is 17.8 Å². The van der Waals surface area contributed by atoms with Crippen LogP contribution in [-0.2, 0) is 21.4 Å². The van der Waals surface area contributed by atoms with E-state index in [-0.39, 0.29) is 16.5 Å². The number of nitrogens with zero attached hydrogens (tertiary/aromatic N) is 3. The Morgan fingerprint density at radius 3 is 2.08 bits per heavy atom. The number of aromatic nitrogens is 4. The van der Waals surface area contributed by atoms with Gasteiger partial charge in [0.25, 0.3) is 15.6 Å². The molecular weight excluding hydrogens is 545 g/mol. The van der Waals surface area contributed by atoms with Crippen molar-refractivity contribution in [1.82, 2.24) is 19.5 Å². The predicted molar refractivity (Wildman–Crippen MR) is 135 cm³/mol. The first kappa shape index (κ1) is 28.8. The molecule has 39 heavy (non-hydrogen) atoms. The lowest BCUT2D eigenvalue weighted by molar-refractivity contribution is -0.192. The van der Waals surface area contributed by atoms with E-state index in [0.717, 1.165) is 0 Å². The molecule has 0 atom stereocenters. The minimum atomic E-state index is -5.08. The molecule has 2 aromatic heterocycles. The number of rotatable bonds is 8. The number of hydrogen-bond donors (Lipinski definition) is 4. The van der Waals surface area contributed by atoms with E-state index in [2.05, 4.69) is 25.0 Å². The summed E-state index contributed by atoms with van der Waals surface area (Å²) in [6.45, 7) is 0.743. The quantitative estimate of drug-likeness (QED) is 0.233. The Hall–Kier alpha value is -4.73. The van der Waals surface area contributed by atoms with Crippen molar-refractivity contribution in [3.63, 3.8) is 0 Å². The number of carboxylic acid groups (broad SMARTS) is 1. The van der Waals surface area contributed by atoms with E-state index in [1.165, 1.54) is 29.0 Å². The molecule has 2 aromatic carbocycles. The zero-order chi connectivity index (χ0) is 28.6. The van der Waals surface area contributed by atoms with Crippen molar-refractivity contribution in [1.29, 1.82) is 0 Å². The van der Waals surface area contributed by atoms with Gasteiger partial charge in [-0.1, -0.05) is 30.3 Å². The van der Waals surface area contributed by atoms with Gasteiger partial charge in [0.15, 0.2) is 11.6 Å². The third-order valence-corrected chi connectivity index (χ3v) is 6.22. The molecule has 4 aromatic rings. The van der Waals surface area contributed by atoms with Crippen LogP contribution in [0.25, 0.3) is 11.0 Å². The van der Waals surface area contributed by atoms with E-state index in [9.17, 15) is 31.2 Å². The topological polar surface area (TPSA) is 176 Å². The second-order valence-corrected chi connectivity index (χ2v) is 9.40. The number of halogens is 3. The Bertz CT molecular complexity index is 1670. The second-order valence-electron chi connectivity index (χ2n) is 7.71. The lowest BCUT2D eigenvalue weighted by Gasteiger charge is -2.14. The van der Waals surface area contributed by atoms with Crippen molar-refractivity contribution in [2.45, 2.75) is 24.0 Å². The molecule has 0 radical (unpaired) electrons. The number of carbonyl (C=O) groups is 1. The summed E-state index contributed by atoms with van der Waals surface area (Å²) in [6, 6.07) is 16.4. The lowest BCUT2D eigenvalue weighted by atomic mass is 10.3. The normalized spacial score (nSPS) is 11.4. The molecule has 0 saturated carbocycles. The van der Waals surface area contributed by atoms with E-state index >= 15 is 0 Å². The predicted octanol–water partition coefficient (Wildman–Crippen LogP) is 2.42. The van der Waals surface area contributed by atoms with Crippen molar-refractivity contribution in [2.75, 3.05) is 16.6 Å². The number of aromatic amines is 1. The summed E-state index contributed by atoms with van der Waals surface area (Å²) in [5.41, 5.74) is 0.212. The number of anilines is 2. The maximum absolute atomic E-state index is 12.8. The number of alkyl halides is 3. The molecule has 0 aliphatic carbocycles. The molecule has 16 heteroatoms. The zero-order valence-corrected chi connectivity index (χ0v) is 20.7. The van der Waals surface area contributed by atoms with Crippen LogP contribution in [0, 0.1) is 0 Å². The molecule has 0 bridgehead atoms. The van der Waals surface area contributed by atoms with Crippen LogP contribution in [0.1, 0.15) is 6.42 Å². The SMILES string of the molecule is O=C(O)C(F)(F)F.O=c1ccn(CCCNc2nc3ccccc3nc2NS(=O)(=O)c2ccccc2)c(=O)[nH]1. The second kappa shape index (κ2) is 12.2. The van der Waals surface area contributed by atoms with E-state index in [1.54, 1.807) is 36.4 Å². The molecule has 0 aliphatic heterocycles. The maximum atomic E-state index is 12.8. The molecule has 12 nitrogen and oxygen atoms in total. The first-order valence-corrected chi connectivity index (χ1v) is 12.5. The maximum Gasteiger partial charge on any atom is 0.490 e. The van der Waals surface area contributed by atoms with Crippen LogP contribution in [-0.4, -0.2) is 51.7 Å². The van der Waals surface area contributed by atoms with Crippen LogP contribution in [0.15, 0.2) is 81.3 Å². The highest BCUT2D eigenvalue weighted by atomic mass is 32.2. The van der Waals surface area contributed by atoms with Crippen molar-refractivity contribution in [3.8, 4) is 0 Å². The molecule has 206 valence electrons. The van der Waals surface area contributed by atoms with E-state index in [1.807, 2.05) is 6.07 Å². The standard InChI is InChI=1S/C21H20N6O4S.C2HF3O2/c28-18-11-14-27(21(29)25-18)13-6-12-22-19-20(24-17-10-5-4-9-16(17)23-19)26-32(30,31)15-7-2-1-3-8-15;3-2(4,5)1(6)7/h1-5,7-11,14H,6,12-13H2,(H,22,23)(H,24,26)(H,25,28,29);(H,6,7). The van der Waals surface area contributed by atoms with Crippen LogP contribution in [0.2, 0.25) is 0 Å². The van der Waals surface area contributed by atoms with Gasteiger partial charge in [-0.05, 0) is 30.7 Å². The zero-order valence-electron chi connectivity index (χ0n) is 19.8. The monoisotopic (exact) mass is 566 g/mol. The molecule has 0 spiro atoms. The van der Waals surface area contributed by atoms with Crippen LogP contribution < -0.4 is 21.3 Å². The Morgan fingerprint density at radius 2 is 1.51 bits per heavy atom. The molecule has 2 heterocycles. The first-order chi connectivity index (χ1) is 18.4. The lowest BCUT2D eigenvalue weighted by Crippen LogP contribution is -2.29. The highest BCUT2D eigenvalue weighted by Crippen LogP contribution is 2.24. The van der Waals surface area contributed by atoms with Crippen LogP contribution in [0.5, 0.6) is 0 Å². The minimum absolute atomic E-state index is 0.0776. The fourth-order valence-corrected chi connectivity index (χ4v) is 4.09. The number of fused-ring (bicyclic) bond motifs is 1. The van der Waals surface area contributed by atoms with Gasteiger partial charge in [-0.2, -0.15) is 13.2 Å². The number of sulfonamides is 1. The molecule has 4 rings (SSSR count). The number of H-pyrrole nitrogens is 1. The summed E-state index contributed by atoms with van der Waals surface area (Å²) >= 11 is 0. The van der Waals surface area contributed by atoms with Crippen molar-refractivity contribution in [3.05, 3.63) is 87.7 Å². The fraction of sp³-hybridized carbons (Fsp3) is 0.174. The summed E-state index contributed by atoms with van der Waals surface area (Å²) in [6.07, 6.45) is -3.14. The van der Waals surface area contributed by atoms with Crippen molar-refractivity contribution >= 4 is 38.7 Å². The van der Waals surface area contributed by atoms with Crippen LogP contribution in [0.4, 0.5) is 24.8 Å². The number of aliphatic carboxylic acids is 1. The smallest absolute Gasteiger partial charge is 0.475 e. The van der Waals surface area contributed by atoms with Gasteiger partial charge in [-0.25, -0.2) is 28.0 Å². The van der Waals surface area contributed by atoms with Gasteiger partial charge in [0.05, 0.1) is 15.9 Å². The number of aryl methyl sites for hydroxylation is 1. The van der Waals surface area contributed by atoms with E-state index in [4.69, 9.17) is 9.90 Å². The summed E-state index contributed by atoms with van der Waals surface area (Å²) in [5.74, 6) is -2.40.